The van der Waals surface area contributed by atoms with Crippen molar-refractivity contribution in [2.24, 2.45) is 5.92 Å². The Bertz CT molecular complexity index is 317. The summed E-state index contributed by atoms with van der Waals surface area (Å²) in [6.45, 7) is 6.41. The van der Waals surface area contributed by atoms with Gasteiger partial charge in [0, 0.05) is 39.1 Å². The van der Waals surface area contributed by atoms with Crippen LogP contribution in [0.5, 0.6) is 0 Å². The van der Waals surface area contributed by atoms with Crippen LogP contribution in [-0.2, 0) is 9.59 Å². The number of likely N-dealkylation sites (N-methyl/N-ethyl adjacent to an activating group) is 2. The van der Waals surface area contributed by atoms with Gasteiger partial charge in [-0.3, -0.25) is 9.59 Å². The summed E-state index contributed by atoms with van der Waals surface area (Å²) in [6, 6.07) is 0. The maximum absolute atomic E-state index is 11.9. The zero-order valence-electron chi connectivity index (χ0n) is 13.1. The van der Waals surface area contributed by atoms with Gasteiger partial charge in [0.15, 0.2) is 0 Å². The number of rotatable bonds is 8. The molecule has 1 fully saturated rings. The molecule has 0 aliphatic carbocycles. The van der Waals surface area contributed by atoms with E-state index in [1.165, 1.54) is 0 Å². The Labute approximate surface area is 139 Å². The van der Waals surface area contributed by atoms with Gasteiger partial charge in [0.1, 0.15) is 0 Å². The van der Waals surface area contributed by atoms with E-state index in [0.717, 1.165) is 19.6 Å². The molecule has 0 aromatic rings. The summed E-state index contributed by atoms with van der Waals surface area (Å²) >= 11 is 0. The van der Waals surface area contributed by atoms with E-state index in [9.17, 15) is 9.59 Å². The summed E-state index contributed by atoms with van der Waals surface area (Å²) in [4.78, 5) is 27.5. The highest BCUT2D eigenvalue weighted by Crippen LogP contribution is 2.17. The first-order valence-corrected chi connectivity index (χ1v) is 6.95. The standard InChI is InChI=1S/C13H26N4O2.2ClH/c1-4-14-5-6-15-13(19)11-9-12(18)17(10-11)8-7-16(2)3;;/h11,14H,4-10H2,1-3H3,(H,15,19);2*1H. The smallest absolute Gasteiger partial charge is 0.225 e. The molecule has 1 atom stereocenters. The highest BCUT2D eigenvalue weighted by molar-refractivity contribution is 5.89. The Morgan fingerprint density at radius 3 is 2.57 bits per heavy atom. The highest BCUT2D eigenvalue weighted by atomic mass is 35.5. The minimum absolute atomic E-state index is 0. The zero-order valence-corrected chi connectivity index (χ0v) is 14.7. The Hall–Kier alpha value is -0.560. The Kier molecular flexibility index (Phi) is 13.0. The van der Waals surface area contributed by atoms with Crippen LogP contribution in [-0.4, -0.2) is 75.0 Å². The van der Waals surface area contributed by atoms with Crippen molar-refractivity contribution in [1.82, 2.24) is 20.4 Å². The van der Waals surface area contributed by atoms with Crippen molar-refractivity contribution in [2.45, 2.75) is 13.3 Å². The molecule has 0 bridgehead atoms. The molecule has 21 heavy (non-hydrogen) atoms. The van der Waals surface area contributed by atoms with Gasteiger partial charge in [0.05, 0.1) is 5.92 Å². The molecule has 1 aliphatic rings. The van der Waals surface area contributed by atoms with Crippen molar-refractivity contribution in [3.8, 4) is 0 Å². The molecule has 0 saturated carbocycles. The van der Waals surface area contributed by atoms with Crippen molar-refractivity contribution >= 4 is 36.6 Å². The van der Waals surface area contributed by atoms with Gasteiger partial charge < -0.3 is 20.4 Å². The third kappa shape index (κ3) is 8.46. The van der Waals surface area contributed by atoms with E-state index in [4.69, 9.17) is 0 Å². The number of carbonyl (C=O) groups is 2. The lowest BCUT2D eigenvalue weighted by molar-refractivity contribution is -0.129. The molecule has 126 valence electrons. The molecule has 1 rings (SSSR count). The number of hydrogen-bond acceptors (Lipinski definition) is 4. The molecule has 6 nitrogen and oxygen atoms in total. The van der Waals surface area contributed by atoms with Crippen LogP contribution in [0, 0.1) is 5.92 Å². The molecule has 8 heteroatoms. The summed E-state index contributed by atoms with van der Waals surface area (Å²) in [5.74, 6) is -0.0939. The van der Waals surface area contributed by atoms with E-state index in [2.05, 4.69) is 10.6 Å². The zero-order chi connectivity index (χ0) is 14.3. The fourth-order valence-corrected chi connectivity index (χ4v) is 2.08. The van der Waals surface area contributed by atoms with E-state index in [1.54, 1.807) is 4.90 Å². The van der Waals surface area contributed by atoms with Crippen LogP contribution in [0.25, 0.3) is 0 Å². The number of amides is 2. The molecule has 1 heterocycles. The summed E-state index contributed by atoms with van der Waals surface area (Å²) in [7, 11) is 3.96. The second-order valence-corrected chi connectivity index (χ2v) is 5.19. The van der Waals surface area contributed by atoms with E-state index in [0.29, 0.717) is 26.1 Å². The van der Waals surface area contributed by atoms with Crippen LogP contribution < -0.4 is 10.6 Å². The maximum Gasteiger partial charge on any atom is 0.225 e. The van der Waals surface area contributed by atoms with Crippen LogP contribution >= 0.6 is 24.8 Å². The summed E-state index contributed by atoms with van der Waals surface area (Å²) in [6.07, 6.45) is 0.348. The second kappa shape index (κ2) is 12.0. The first kappa shape index (κ1) is 22.7. The van der Waals surface area contributed by atoms with Gasteiger partial charge in [0.25, 0.3) is 0 Å². The van der Waals surface area contributed by atoms with Crippen molar-refractivity contribution in [3.05, 3.63) is 0 Å². The second-order valence-electron chi connectivity index (χ2n) is 5.19. The molecule has 2 N–H and O–H groups in total. The van der Waals surface area contributed by atoms with Gasteiger partial charge in [-0.15, -0.1) is 24.8 Å². The normalized spacial score (nSPS) is 17.4. The fourth-order valence-electron chi connectivity index (χ4n) is 2.08. The van der Waals surface area contributed by atoms with Gasteiger partial charge in [0.2, 0.25) is 11.8 Å². The minimum Gasteiger partial charge on any atom is -0.355 e. The van der Waals surface area contributed by atoms with Crippen molar-refractivity contribution in [1.29, 1.82) is 0 Å². The molecule has 1 unspecified atom stereocenters. The average Bonchev–Trinajstić information content (AvgIpc) is 2.73. The molecule has 1 aliphatic heterocycles. The van der Waals surface area contributed by atoms with Crippen LogP contribution in [0.3, 0.4) is 0 Å². The van der Waals surface area contributed by atoms with Crippen molar-refractivity contribution < 1.29 is 9.59 Å². The van der Waals surface area contributed by atoms with Crippen LogP contribution in [0.1, 0.15) is 13.3 Å². The first-order chi connectivity index (χ1) is 9.04. The number of nitrogens with one attached hydrogen (secondary N) is 2. The van der Waals surface area contributed by atoms with Gasteiger partial charge in [-0.1, -0.05) is 6.92 Å². The number of hydrogen-bond donors (Lipinski definition) is 2. The Morgan fingerprint density at radius 2 is 2.00 bits per heavy atom. The number of carbonyl (C=O) groups excluding carboxylic acids is 2. The lowest BCUT2D eigenvalue weighted by Gasteiger charge is -2.19. The van der Waals surface area contributed by atoms with Crippen LogP contribution in [0.2, 0.25) is 0 Å². The molecule has 2 amide bonds. The van der Waals surface area contributed by atoms with Crippen molar-refractivity contribution in [2.75, 3.05) is 53.4 Å². The van der Waals surface area contributed by atoms with Crippen LogP contribution in [0.4, 0.5) is 0 Å². The monoisotopic (exact) mass is 342 g/mol. The molecule has 0 aromatic carbocycles. The first-order valence-electron chi connectivity index (χ1n) is 6.95. The SMILES string of the molecule is CCNCCNC(=O)C1CC(=O)N(CCN(C)C)C1.Cl.Cl. The lowest BCUT2D eigenvalue weighted by Crippen LogP contribution is -2.37. The Balaban J connectivity index is 0. The summed E-state index contributed by atoms with van der Waals surface area (Å²) in [5, 5.41) is 6.02. The van der Waals surface area contributed by atoms with Gasteiger partial charge in [-0.2, -0.15) is 0 Å². The quantitative estimate of drug-likeness (QED) is 0.608. The molecular weight excluding hydrogens is 315 g/mol. The Morgan fingerprint density at radius 1 is 1.33 bits per heavy atom. The fraction of sp³-hybridized carbons (Fsp3) is 0.846. The van der Waals surface area contributed by atoms with E-state index >= 15 is 0 Å². The maximum atomic E-state index is 11.9. The molecule has 0 radical (unpaired) electrons. The molecular formula is C13H28Cl2N4O2. The van der Waals surface area contributed by atoms with Crippen molar-refractivity contribution in [3.63, 3.8) is 0 Å². The van der Waals surface area contributed by atoms with Crippen LogP contribution in [0.15, 0.2) is 0 Å². The largest absolute Gasteiger partial charge is 0.355 e. The third-order valence-corrected chi connectivity index (χ3v) is 3.25. The molecule has 0 aromatic heterocycles. The van der Waals surface area contributed by atoms with Gasteiger partial charge >= 0.3 is 0 Å². The topological polar surface area (TPSA) is 64.7 Å². The highest BCUT2D eigenvalue weighted by Gasteiger charge is 2.33. The van der Waals surface area contributed by atoms with E-state index in [-0.39, 0.29) is 42.5 Å². The molecule has 0 spiro atoms. The summed E-state index contributed by atoms with van der Waals surface area (Å²) in [5.41, 5.74) is 0. The van der Waals surface area contributed by atoms with E-state index in [1.807, 2.05) is 25.9 Å². The third-order valence-electron chi connectivity index (χ3n) is 3.25. The van der Waals surface area contributed by atoms with Gasteiger partial charge in [-0.25, -0.2) is 0 Å². The lowest BCUT2D eigenvalue weighted by atomic mass is 10.1. The predicted octanol–water partition coefficient (Wildman–Crippen LogP) is -0.0342. The number of likely N-dealkylation sites (tertiary alicyclic amines) is 1. The number of halogens is 2. The average molecular weight is 343 g/mol. The van der Waals surface area contributed by atoms with Gasteiger partial charge in [-0.05, 0) is 20.6 Å². The predicted molar refractivity (Wildman–Crippen MR) is 89.3 cm³/mol. The number of nitrogens with zero attached hydrogens (tertiary/aromatic N) is 2. The summed E-state index contributed by atoms with van der Waals surface area (Å²) < 4.78 is 0. The van der Waals surface area contributed by atoms with E-state index < -0.39 is 0 Å². The molecule has 1 saturated heterocycles. The minimum atomic E-state index is -0.184.